The van der Waals surface area contributed by atoms with Crippen LogP contribution in [0, 0.1) is 0 Å². The summed E-state index contributed by atoms with van der Waals surface area (Å²) in [7, 11) is 3.65. The summed E-state index contributed by atoms with van der Waals surface area (Å²) in [6.07, 6.45) is 2.61. The Hall–Kier alpha value is -1.25. The maximum atomic E-state index is 11.1. The fraction of sp³-hybridized carbons (Fsp3) is 0.364. The SMILES string of the molecule is COC(=O)c1ccc([B]C2CC2)cc1. The van der Waals surface area contributed by atoms with Crippen molar-refractivity contribution in [2.75, 3.05) is 7.11 Å². The van der Waals surface area contributed by atoms with Crippen LogP contribution in [-0.2, 0) is 4.74 Å². The lowest BCUT2D eigenvalue weighted by Gasteiger charge is -2.00. The minimum atomic E-state index is -0.275. The molecule has 1 saturated carbocycles. The van der Waals surface area contributed by atoms with E-state index in [1.54, 1.807) is 12.1 Å². The van der Waals surface area contributed by atoms with Crippen molar-refractivity contribution in [3.8, 4) is 0 Å². The van der Waals surface area contributed by atoms with Gasteiger partial charge in [0, 0.05) is 0 Å². The van der Waals surface area contributed by atoms with Gasteiger partial charge in [-0.1, -0.05) is 36.3 Å². The molecule has 0 saturated heterocycles. The molecule has 0 unspecified atom stereocenters. The molecule has 0 spiro atoms. The molecule has 0 amide bonds. The van der Waals surface area contributed by atoms with E-state index in [9.17, 15) is 4.79 Å². The second kappa shape index (κ2) is 3.87. The Morgan fingerprint density at radius 2 is 2.00 bits per heavy atom. The van der Waals surface area contributed by atoms with E-state index in [0.717, 1.165) is 5.82 Å². The van der Waals surface area contributed by atoms with Crippen LogP contribution in [0.2, 0.25) is 5.82 Å². The molecule has 1 aromatic carbocycles. The maximum Gasteiger partial charge on any atom is 0.337 e. The van der Waals surface area contributed by atoms with Crippen LogP contribution in [0.1, 0.15) is 23.2 Å². The summed E-state index contributed by atoms with van der Waals surface area (Å²) in [5.74, 6) is 0.488. The van der Waals surface area contributed by atoms with E-state index >= 15 is 0 Å². The van der Waals surface area contributed by atoms with E-state index in [0.29, 0.717) is 5.56 Å². The molecule has 0 aliphatic heterocycles. The van der Waals surface area contributed by atoms with Gasteiger partial charge in [-0.15, -0.1) is 0 Å². The summed E-state index contributed by atoms with van der Waals surface area (Å²) in [6.45, 7) is 0. The Balaban J connectivity index is 2.04. The van der Waals surface area contributed by atoms with Crippen LogP contribution in [0.5, 0.6) is 0 Å². The van der Waals surface area contributed by atoms with Gasteiger partial charge in [-0.25, -0.2) is 4.79 Å². The van der Waals surface area contributed by atoms with Crippen molar-refractivity contribution in [2.45, 2.75) is 18.7 Å². The van der Waals surface area contributed by atoms with E-state index in [1.165, 1.54) is 25.4 Å². The lowest BCUT2D eigenvalue weighted by atomic mass is 9.65. The Bertz CT molecular complexity index is 328. The average Bonchev–Trinajstić information content (AvgIpc) is 3.02. The smallest absolute Gasteiger partial charge is 0.337 e. The Labute approximate surface area is 84.5 Å². The topological polar surface area (TPSA) is 26.3 Å². The van der Waals surface area contributed by atoms with Crippen LogP contribution in [0.4, 0.5) is 0 Å². The van der Waals surface area contributed by atoms with Crippen molar-refractivity contribution >= 4 is 18.7 Å². The molecule has 1 fully saturated rings. The van der Waals surface area contributed by atoms with E-state index in [2.05, 4.69) is 12.0 Å². The second-order valence-electron chi connectivity index (χ2n) is 3.62. The second-order valence-corrected chi connectivity index (χ2v) is 3.62. The number of esters is 1. The van der Waals surface area contributed by atoms with Crippen LogP contribution < -0.4 is 5.46 Å². The fourth-order valence-corrected chi connectivity index (χ4v) is 1.38. The molecular weight excluding hydrogens is 175 g/mol. The van der Waals surface area contributed by atoms with Gasteiger partial charge in [0.05, 0.1) is 12.7 Å². The lowest BCUT2D eigenvalue weighted by molar-refractivity contribution is 0.0601. The molecule has 2 rings (SSSR count). The number of carbonyl (C=O) groups excluding carboxylic acids is 1. The van der Waals surface area contributed by atoms with E-state index < -0.39 is 0 Å². The predicted octanol–water partition coefficient (Wildman–Crippen LogP) is 1.38. The zero-order valence-electron chi connectivity index (χ0n) is 8.19. The fourth-order valence-electron chi connectivity index (χ4n) is 1.38. The molecule has 1 aliphatic carbocycles. The standard InChI is InChI=1S/C11H12BO2/c1-14-11(13)8-2-4-9(5-3-8)12-10-6-7-10/h2-5,10H,6-7H2,1H3. The number of carbonyl (C=O) groups is 1. The third kappa shape index (κ3) is 2.16. The summed E-state index contributed by atoms with van der Waals surface area (Å²) in [4.78, 5) is 11.1. The van der Waals surface area contributed by atoms with Crippen LogP contribution in [0.25, 0.3) is 0 Å². The molecule has 2 nitrogen and oxygen atoms in total. The number of methoxy groups -OCH3 is 1. The van der Waals surface area contributed by atoms with E-state index in [-0.39, 0.29) is 5.97 Å². The molecule has 0 N–H and O–H groups in total. The highest BCUT2D eigenvalue weighted by atomic mass is 16.5. The van der Waals surface area contributed by atoms with Crippen LogP contribution in [0.15, 0.2) is 24.3 Å². The summed E-state index contributed by atoms with van der Waals surface area (Å²) in [5, 5.41) is 0. The van der Waals surface area contributed by atoms with Crippen LogP contribution >= 0.6 is 0 Å². The molecule has 0 heterocycles. The predicted molar refractivity (Wildman–Crippen MR) is 56.2 cm³/mol. The molecule has 3 heteroatoms. The molecule has 1 radical (unpaired) electrons. The minimum Gasteiger partial charge on any atom is -0.465 e. The van der Waals surface area contributed by atoms with Gasteiger partial charge in [-0.2, -0.15) is 0 Å². The number of hydrogen-bond donors (Lipinski definition) is 0. The number of benzene rings is 1. The molecule has 0 atom stereocenters. The third-order valence-electron chi connectivity index (χ3n) is 2.38. The molecule has 71 valence electrons. The monoisotopic (exact) mass is 187 g/mol. The molecule has 1 aliphatic rings. The van der Waals surface area contributed by atoms with Gasteiger partial charge in [0.2, 0.25) is 0 Å². The first-order valence-electron chi connectivity index (χ1n) is 4.83. The summed E-state index contributed by atoms with van der Waals surface area (Å²) in [6, 6.07) is 7.54. The summed E-state index contributed by atoms with van der Waals surface area (Å²) < 4.78 is 4.62. The van der Waals surface area contributed by atoms with Gasteiger partial charge in [0.1, 0.15) is 0 Å². The number of hydrogen-bond acceptors (Lipinski definition) is 2. The lowest BCUT2D eigenvalue weighted by Crippen LogP contribution is -2.14. The van der Waals surface area contributed by atoms with Gasteiger partial charge in [-0.05, 0) is 12.1 Å². The first kappa shape index (κ1) is 9.32. The van der Waals surface area contributed by atoms with Crippen LogP contribution in [-0.4, -0.2) is 20.4 Å². The highest BCUT2D eigenvalue weighted by molar-refractivity contribution is 6.55. The van der Waals surface area contributed by atoms with E-state index in [1.807, 2.05) is 12.1 Å². The van der Waals surface area contributed by atoms with Gasteiger partial charge < -0.3 is 4.74 Å². The molecular formula is C11H12BO2. The first-order chi connectivity index (χ1) is 6.79. The molecule has 14 heavy (non-hydrogen) atoms. The van der Waals surface area contributed by atoms with Crippen molar-refractivity contribution in [2.24, 2.45) is 0 Å². The summed E-state index contributed by atoms with van der Waals surface area (Å²) >= 11 is 0. The van der Waals surface area contributed by atoms with Gasteiger partial charge in [0.25, 0.3) is 0 Å². The first-order valence-corrected chi connectivity index (χ1v) is 4.83. The summed E-state index contributed by atoms with van der Waals surface area (Å²) in [5.41, 5.74) is 1.81. The van der Waals surface area contributed by atoms with Crippen molar-refractivity contribution in [1.82, 2.24) is 0 Å². The zero-order valence-corrected chi connectivity index (χ0v) is 8.19. The highest BCUT2D eigenvalue weighted by Crippen LogP contribution is 2.34. The third-order valence-corrected chi connectivity index (χ3v) is 2.38. The van der Waals surface area contributed by atoms with Crippen molar-refractivity contribution < 1.29 is 9.53 Å². The largest absolute Gasteiger partial charge is 0.465 e. The molecule has 0 aromatic heterocycles. The van der Waals surface area contributed by atoms with Crippen molar-refractivity contribution in [1.29, 1.82) is 0 Å². The maximum absolute atomic E-state index is 11.1. The zero-order chi connectivity index (χ0) is 9.97. The quantitative estimate of drug-likeness (QED) is 0.527. The Kier molecular flexibility index (Phi) is 2.57. The molecule has 0 bridgehead atoms. The normalized spacial score (nSPS) is 14.9. The Morgan fingerprint density at radius 1 is 1.36 bits per heavy atom. The average molecular weight is 187 g/mol. The van der Waals surface area contributed by atoms with Crippen LogP contribution in [0.3, 0.4) is 0 Å². The van der Waals surface area contributed by atoms with Crippen molar-refractivity contribution in [3.63, 3.8) is 0 Å². The minimum absolute atomic E-state index is 0.275. The molecule has 1 aromatic rings. The Morgan fingerprint density at radius 3 is 2.50 bits per heavy atom. The van der Waals surface area contributed by atoms with E-state index in [4.69, 9.17) is 0 Å². The van der Waals surface area contributed by atoms with Gasteiger partial charge in [-0.3, -0.25) is 0 Å². The highest BCUT2D eigenvalue weighted by Gasteiger charge is 2.22. The van der Waals surface area contributed by atoms with Crippen molar-refractivity contribution in [3.05, 3.63) is 29.8 Å². The van der Waals surface area contributed by atoms with Gasteiger partial charge in [0.15, 0.2) is 7.28 Å². The number of ether oxygens (including phenoxy) is 1. The number of rotatable bonds is 3. The van der Waals surface area contributed by atoms with Gasteiger partial charge >= 0.3 is 5.97 Å².